The molecule has 1 unspecified atom stereocenters. The Labute approximate surface area is 113 Å². The third kappa shape index (κ3) is 3.95. The van der Waals surface area contributed by atoms with E-state index in [0.29, 0.717) is 0 Å². The highest BCUT2D eigenvalue weighted by Gasteiger charge is 2.06. The molecule has 0 saturated carbocycles. The Hall–Kier alpha value is -2.10. The van der Waals surface area contributed by atoms with Crippen molar-refractivity contribution < 1.29 is 4.74 Å². The fourth-order valence-corrected chi connectivity index (χ4v) is 1.75. The van der Waals surface area contributed by atoms with Crippen LogP contribution in [0.2, 0.25) is 0 Å². The van der Waals surface area contributed by atoms with Crippen molar-refractivity contribution in [3.8, 4) is 5.75 Å². The molecule has 0 aliphatic rings. The van der Waals surface area contributed by atoms with Gasteiger partial charge in [0.15, 0.2) is 0 Å². The summed E-state index contributed by atoms with van der Waals surface area (Å²) in [6, 6.07) is 8.08. The maximum absolute atomic E-state index is 5.62. The number of nitrogens with zero attached hydrogens (tertiary/aromatic N) is 2. The standard InChI is InChI=1S/C15H19N3O/c1-3-9-19-14-6-4-5-13(10-14)18-12(2)15-11-16-7-8-17-15/h4-8,10-12,18H,3,9H2,1-2H3. The number of nitrogens with one attached hydrogen (secondary N) is 1. The molecule has 1 atom stereocenters. The summed E-state index contributed by atoms with van der Waals surface area (Å²) in [6.07, 6.45) is 6.16. The lowest BCUT2D eigenvalue weighted by atomic mass is 10.2. The summed E-state index contributed by atoms with van der Waals surface area (Å²) in [5.74, 6) is 0.887. The lowest BCUT2D eigenvalue weighted by Crippen LogP contribution is -2.08. The number of rotatable bonds is 6. The van der Waals surface area contributed by atoms with Gasteiger partial charge in [0.05, 0.1) is 24.5 Å². The Morgan fingerprint density at radius 3 is 2.95 bits per heavy atom. The molecule has 0 saturated heterocycles. The zero-order valence-corrected chi connectivity index (χ0v) is 11.3. The van der Waals surface area contributed by atoms with E-state index in [1.54, 1.807) is 18.6 Å². The van der Waals surface area contributed by atoms with Gasteiger partial charge in [-0.2, -0.15) is 0 Å². The molecule has 1 heterocycles. The predicted molar refractivity (Wildman–Crippen MR) is 76.3 cm³/mol. The van der Waals surface area contributed by atoms with Crippen LogP contribution in [0.15, 0.2) is 42.9 Å². The Kier molecular flexibility index (Phi) is 4.72. The first-order valence-corrected chi connectivity index (χ1v) is 6.55. The van der Waals surface area contributed by atoms with E-state index in [1.807, 2.05) is 24.3 Å². The molecule has 0 fully saturated rings. The topological polar surface area (TPSA) is 47.0 Å². The first-order valence-electron chi connectivity index (χ1n) is 6.55. The third-order valence-corrected chi connectivity index (χ3v) is 2.72. The number of aromatic nitrogens is 2. The van der Waals surface area contributed by atoms with E-state index in [1.165, 1.54) is 0 Å². The predicted octanol–water partition coefficient (Wildman–Crippen LogP) is 3.44. The van der Waals surface area contributed by atoms with Crippen LogP contribution in [0, 0.1) is 0 Å². The highest BCUT2D eigenvalue weighted by Crippen LogP contribution is 2.21. The van der Waals surface area contributed by atoms with Crippen LogP contribution in [0.5, 0.6) is 5.75 Å². The van der Waals surface area contributed by atoms with Crippen molar-refractivity contribution in [3.05, 3.63) is 48.5 Å². The van der Waals surface area contributed by atoms with Gasteiger partial charge >= 0.3 is 0 Å². The molecular formula is C15H19N3O. The smallest absolute Gasteiger partial charge is 0.121 e. The van der Waals surface area contributed by atoms with Gasteiger partial charge in [-0.05, 0) is 25.5 Å². The van der Waals surface area contributed by atoms with Crippen LogP contribution >= 0.6 is 0 Å². The molecule has 0 radical (unpaired) electrons. The Morgan fingerprint density at radius 1 is 1.32 bits per heavy atom. The molecule has 0 aliphatic heterocycles. The fraction of sp³-hybridized carbons (Fsp3) is 0.333. The van der Waals surface area contributed by atoms with Gasteiger partial charge < -0.3 is 10.1 Å². The fourth-order valence-electron chi connectivity index (χ4n) is 1.75. The first kappa shape index (κ1) is 13.3. The zero-order chi connectivity index (χ0) is 13.5. The Bertz CT molecular complexity index is 502. The minimum absolute atomic E-state index is 0.107. The van der Waals surface area contributed by atoms with E-state index in [-0.39, 0.29) is 6.04 Å². The summed E-state index contributed by atoms with van der Waals surface area (Å²) in [7, 11) is 0. The molecule has 2 aromatic rings. The largest absolute Gasteiger partial charge is 0.494 e. The summed E-state index contributed by atoms with van der Waals surface area (Å²) in [5, 5.41) is 3.39. The monoisotopic (exact) mass is 257 g/mol. The number of ether oxygens (including phenoxy) is 1. The highest BCUT2D eigenvalue weighted by molar-refractivity contribution is 5.49. The van der Waals surface area contributed by atoms with E-state index in [0.717, 1.165) is 30.2 Å². The molecule has 2 rings (SSSR count). The average molecular weight is 257 g/mol. The normalized spacial score (nSPS) is 11.9. The number of anilines is 1. The van der Waals surface area contributed by atoms with Crippen LogP contribution in [0.4, 0.5) is 5.69 Å². The molecule has 1 N–H and O–H groups in total. The van der Waals surface area contributed by atoms with Gasteiger partial charge in [0.2, 0.25) is 0 Å². The van der Waals surface area contributed by atoms with Gasteiger partial charge in [-0.25, -0.2) is 0 Å². The van der Waals surface area contributed by atoms with Gasteiger partial charge in [-0.1, -0.05) is 13.0 Å². The van der Waals surface area contributed by atoms with Gasteiger partial charge in [0, 0.05) is 24.1 Å². The van der Waals surface area contributed by atoms with Crippen molar-refractivity contribution >= 4 is 5.69 Å². The molecule has 0 amide bonds. The molecule has 4 nitrogen and oxygen atoms in total. The first-order chi connectivity index (χ1) is 9.29. The van der Waals surface area contributed by atoms with Gasteiger partial charge in [-0.3, -0.25) is 9.97 Å². The van der Waals surface area contributed by atoms with Crippen LogP contribution in [-0.2, 0) is 0 Å². The molecule has 19 heavy (non-hydrogen) atoms. The van der Waals surface area contributed by atoms with Crippen molar-refractivity contribution in [2.75, 3.05) is 11.9 Å². The summed E-state index contributed by atoms with van der Waals surface area (Å²) in [6.45, 7) is 4.89. The van der Waals surface area contributed by atoms with Crippen LogP contribution < -0.4 is 10.1 Å². The second-order valence-electron chi connectivity index (χ2n) is 4.37. The molecule has 1 aromatic heterocycles. The SMILES string of the molecule is CCCOc1cccc(NC(C)c2cnccn2)c1. The van der Waals surface area contributed by atoms with E-state index in [4.69, 9.17) is 4.74 Å². The minimum atomic E-state index is 0.107. The van der Waals surface area contributed by atoms with Crippen LogP contribution in [0.25, 0.3) is 0 Å². The molecular weight excluding hydrogens is 238 g/mol. The maximum Gasteiger partial charge on any atom is 0.121 e. The second kappa shape index (κ2) is 6.73. The van der Waals surface area contributed by atoms with Crippen molar-refractivity contribution in [2.24, 2.45) is 0 Å². The van der Waals surface area contributed by atoms with Crippen molar-refractivity contribution in [2.45, 2.75) is 26.3 Å². The molecule has 1 aromatic carbocycles. The Balaban J connectivity index is 2.02. The van der Waals surface area contributed by atoms with E-state index < -0.39 is 0 Å². The van der Waals surface area contributed by atoms with Gasteiger partial charge in [0.1, 0.15) is 5.75 Å². The second-order valence-corrected chi connectivity index (χ2v) is 4.37. The van der Waals surface area contributed by atoms with Gasteiger partial charge in [0.25, 0.3) is 0 Å². The van der Waals surface area contributed by atoms with E-state index >= 15 is 0 Å². The third-order valence-electron chi connectivity index (χ3n) is 2.72. The quantitative estimate of drug-likeness (QED) is 0.861. The summed E-state index contributed by atoms with van der Waals surface area (Å²) in [4.78, 5) is 8.37. The van der Waals surface area contributed by atoms with Crippen LogP contribution in [-0.4, -0.2) is 16.6 Å². The molecule has 0 aliphatic carbocycles. The average Bonchev–Trinajstić information content (AvgIpc) is 2.46. The summed E-state index contributed by atoms with van der Waals surface area (Å²) >= 11 is 0. The lowest BCUT2D eigenvalue weighted by Gasteiger charge is -2.15. The summed E-state index contributed by atoms with van der Waals surface area (Å²) in [5.41, 5.74) is 1.94. The van der Waals surface area contributed by atoms with Crippen molar-refractivity contribution in [1.29, 1.82) is 0 Å². The molecule has 0 spiro atoms. The van der Waals surface area contributed by atoms with E-state index in [9.17, 15) is 0 Å². The van der Waals surface area contributed by atoms with Gasteiger partial charge in [-0.15, -0.1) is 0 Å². The van der Waals surface area contributed by atoms with Crippen LogP contribution in [0.3, 0.4) is 0 Å². The van der Waals surface area contributed by atoms with Crippen LogP contribution in [0.1, 0.15) is 32.0 Å². The number of hydrogen-bond donors (Lipinski definition) is 1. The maximum atomic E-state index is 5.62. The van der Waals surface area contributed by atoms with E-state index in [2.05, 4.69) is 29.1 Å². The number of benzene rings is 1. The van der Waals surface area contributed by atoms with Crippen molar-refractivity contribution in [1.82, 2.24) is 9.97 Å². The summed E-state index contributed by atoms with van der Waals surface area (Å²) < 4.78 is 5.62. The molecule has 100 valence electrons. The Morgan fingerprint density at radius 2 is 2.21 bits per heavy atom. The molecule has 4 heteroatoms. The minimum Gasteiger partial charge on any atom is -0.494 e. The molecule has 0 bridgehead atoms. The zero-order valence-electron chi connectivity index (χ0n) is 11.3. The highest BCUT2D eigenvalue weighted by atomic mass is 16.5. The van der Waals surface area contributed by atoms with Crippen molar-refractivity contribution in [3.63, 3.8) is 0 Å². The lowest BCUT2D eigenvalue weighted by molar-refractivity contribution is 0.317. The number of hydrogen-bond acceptors (Lipinski definition) is 4.